The molecule has 0 spiro atoms. The van der Waals surface area contributed by atoms with E-state index in [1.165, 1.54) is 12.2 Å². The summed E-state index contributed by atoms with van der Waals surface area (Å²) < 4.78 is 57.6. The lowest BCUT2D eigenvalue weighted by molar-refractivity contribution is -0.0602. The van der Waals surface area contributed by atoms with Gasteiger partial charge in [0.25, 0.3) is 0 Å². The van der Waals surface area contributed by atoms with Crippen LogP contribution in [0.4, 0.5) is 5.69 Å². The molecule has 1 fully saturated rings. The average molecular weight is 326 g/mol. The van der Waals surface area contributed by atoms with Crippen LogP contribution in [0.3, 0.4) is 0 Å². The molecule has 2 heterocycles. The standard InChI is InChI=1S/C16H24N4O3/c1-21-20-12-18-15-4-3-13(11-14(15)16(20)17)23-8-2-5-19-6-9-22-10-7-19/h3-4,11,17-18H,2,5-10,12H2,1H3/i6D2,7D2,9D2. The third-order valence-electron chi connectivity index (χ3n) is 3.50. The predicted molar refractivity (Wildman–Crippen MR) is 88.0 cm³/mol. The minimum atomic E-state index is -2.62. The summed E-state index contributed by atoms with van der Waals surface area (Å²) in [6.07, 6.45) is 0.270. The second-order valence-corrected chi connectivity index (χ2v) is 4.97. The van der Waals surface area contributed by atoms with E-state index in [-0.39, 0.29) is 25.4 Å². The number of amidine groups is 1. The maximum atomic E-state index is 8.16. The molecule has 2 aliphatic heterocycles. The van der Waals surface area contributed by atoms with Gasteiger partial charge in [0.05, 0.1) is 29.6 Å². The first-order chi connectivity index (χ1) is 13.5. The molecule has 3 rings (SSSR count). The Bertz CT molecular complexity index is 779. The minimum Gasteiger partial charge on any atom is -0.494 e. The molecule has 126 valence electrons. The van der Waals surface area contributed by atoms with Crippen molar-refractivity contribution in [1.29, 1.82) is 5.41 Å². The SMILES string of the molecule is [2H]C1([2H])COC([2H])([2H])C([2H])([2H])N1CCCOc1ccc2c(c1)C(=N)N(OC)CN2. The van der Waals surface area contributed by atoms with E-state index in [9.17, 15) is 0 Å². The van der Waals surface area contributed by atoms with E-state index < -0.39 is 26.2 Å². The molecule has 2 aliphatic rings. The largest absolute Gasteiger partial charge is 0.494 e. The van der Waals surface area contributed by atoms with Gasteiger partial charge in [-0.05, 0) is 24.6 Å². The molecule has 23 heavy (non-hydrogen) atoms. The number of nitrogens with one attached hydrogen (secondary N) is 2. The van der Waals surface area contributed by atoms with E-state index in [1.807, 2.05) is 0 Å². The highest BCUT2D eigenvalue weighted by molar-refractivity contribution is 6.02. The smallest absolute Gasteiger partial charge is 0.156 e. The van der Waals surface area contributed by atoms with Gasteiger partial charge in [-0.3, -0.25) is 15.1 Å². The number of hydroxylamine groups is 2. The van der Waals surface area contributed by atoms with Gasteiger partial charge in [0.1, 0.15) is 12.4 Å². The lowest BCUT2D eigenvalue weighted by Gasteiger charge is -2.29. The molecular formula is C16H24N4O3. The van der Waals surface area contributed by atoms with Crippen molar-refractivity contribution in [2.75, 3.05) is 58.4 Å². The van der Waals surface area contributed by atoms with E-state index >= 15 is 0 Å². The molecule has 0 radical (unpaired) electrons. The topological polar surface area (TPSA) is 70.1 Å². The summed E-state index contributed by atoms with van der Waals surface area (Å²) in [4.78, 5) is 5.95. The molecule has 0 aromatic heterocycles. The predicted octanol–water partition coefficient (Wildman–Crippen LogP) is 1.36. The Kier molecular flexibility index (Phi) is 3.36. The van der Waals surface area contributed by atoms with Gasteiger partial charge >= 0.3 is 0 Å². The van der Waals surface area contributed by atoms with Crippen molar-refractivity contribution < 1.29 is 22.5 Å². The number of benzene rings is 1. The average Bonchev–Trinajstić information content (AvgIpc) is 2.65. The number of hydrogen-bond acceptors (Lipinski definition) is 6. The van der Waals surface area contributed by atoms with E-state index in [2.05, 4.69) is 5.32 Å². The summed E-state index contributed by atoms with van der Waals surface area (Å²) in [5, 5.41) is 12.7. The van der Waals surface area contributed by atoms with Crippen LogP contribution in [0.2, 0.25) is 0 Å². The quantitative estimate of drug-likeness (QED) is 0.769. The van der Waals surface area contributed by atoms with Crippen LogP contribution < -0.4 is 10.1 Å². The molecule has 0 saturated carbocycles. The Hall–Kier alpha value is -1.83. The molecular weight excluding hydrogens is 296 g/mol. The number of fused-ring (bicyclic) bond motifs is 1. The molecule has 0 aliphatic carbocycles. The maximum absolute atomic E-state index is 8.16. The molecule has 0 amide bonds. The Morgan fingerprint density at radius 3 is 3.22 bits per heavy atom. The van der Waals surface area contributed by atoms with E-state index in [1.54, 1.807) is 18.2 Å². The molecule has 0 bridgehead atoms. The van der Waals surface area contributed by atoms with Crippen LogP contribution >= 0.6 is 0 Å². The van der Waals surface area contributed by atoms with Crippen molar-refractivity contribution >= 4 is 11.5 Å². The molecule has 1 aromatic carbocycles. The van der Waals surface area contributed by atoms with Gasteiger partial charge in [-0.25, -0.2) is 5.06 Å². The first-order valence-corrected chi connectivity index (χ1v) is 7.32. The Morgan fingerprint density at radius 1 is 1.43 bits per heavy atom. The van der Waals surface area contributed by atoms with Gasteiger partial charge in [0.15, 0.2) is 5.84 Å². The molecule has 0 atom stereocenters. The number of morpholine rings is 1. The molecule has 7 heteroatoms. The van der Waals surface area contributed by atoms with Crippen LogP contribution in [0.1, 0.15) is 20.2 Å². The summed E-state index contributed by atoms with van der Waals surface area (Å²) in [5.41, 5.74) is 1.40. The van der Waals surface area contributed by atoms with Crippen molar-refractivity contribution in [3.05, 3.63) is 23.8 Å². The Balaban J connectivity index is 1.61. The van der Waals surface area contributed by atoms with Gasteiger partial charge in [0.2, 0.25) is 0 Å². The van der Waals surface area contributed by atoms with Crippen LogP contribution in [0.15, 0.2) is 18.2 Å². The fraction of sp³-hybridized carbons (Fsp3) is 0.562. The van der Waals surface area contributed by atoms with Gasteiger partial charge in [-0.1, -0.05) is 0 Å². The van der Waals surface area contributed by atoms with Crippen LogP contribution in [-0.2, 0) is 9.57 Å². The summed E-state index contributed by atoms with van der Waals surface area (Å²) in [7, 11) is 1.48. The number of anilines is 1. The highest BCUT2D eigenvalue weighted by Crippen LogP contribution is 2.26. The molecule has 1 saturated heterocycles. The highest BCUT2D eigenvalue weighted by Gasteiger charge is 2.21. The Morgan fingerprint density at radius 2 is 2.35 bits per heavy atom. The zero-order valence-electron chi connectivity index (χ0n) is 18.9. The summed E-state index contributed by atoms with van der Waals surface area (Å²) in [5.74, 6) is 0.709. The summed E-state index contributed by atoms with van der Waals surface area (Å²) >= 11 is 0. The number of hydrogen-bond donors (Lipinski definition) is 2. The molecule has 1 aromatic rings. The van der Waals surface area contributed by atoms with E-state index in [0.717, 1.165) is 10.6 Å². The van der Waals surface area contributed by atoms with Gasteiger partial charge in [-0.15, -0.1) is 0 Å². The van der Waals surface area contributed by atoms with Gasteiger partial charge in [-0.2, -0.15) is 0 Å². The fourth-order valence-electron chi connectivity index (χ4n) is 2.31. The highest BCUT2D eigenvalue weighted by atomic mass is 16.7. The second kappa shape index (κ2) is 7.63. The maximum Gasteiger partial charge on any atom is 0.156 e. The van der Waals surface area contributed by atoms with Crippen molar-refractivity contribution in [3.8, 4) is 5.75 Å². The number of ether oxygens (including phenoxy) is 2. The third kappa shape index (κ3) is 3.93. The first kappa shape index (κ1) is 10.1. The zero-order valence-corrected chi connectivity index (χ0v) is 12.9. The van der Waals surface area contributed by atoms with E-state index in [4.69, 9.17) is 27.9 Å². The Labute approximate surface area is 145 Å². The zero-order chi connectivity index (χ0) is 21.4. The second-order valence-electron chi connectivity index (χ2n) is 4.97. The van der Waals surface area contributed by atoms with Crippen molar-refractivity contribution in [2.24, 2.45) is 0 Å². The molecule has 7 nitrogen and oxygen atoms in total. The normalized spacial score (nSPS) is 28.9. The molecule has 0 unspecified atom stereocenters. The summed E-state index contributed by atoms with van der Waals surface area (Å²) in [6, 6.07) is 5.23. The third-order valence-corrected chi connectivity index (χ3v) is 3.50. The lowest BCUT2D eigenvalue weighted by atomic mass is 10.1. The van der Waals surface area contributed by atoms with Crippen LogP contribution in [-0.4, -0.2) is 68.9 Å². The van der Waals surface area contributed by atoms with Crippen molar-refractivity contribution in [3.63, 3.8) is 0 Å². The lowest BCUT2D eigenvalue weighted by Crippen LogP contribution is -2.39. The minimum absolute atomic E-state index is 0.0529. The van der Waals surface area contributed by atoms with E-state index in [0.29, 0.717) is 18.0 Å². The first-order valence-electron chi connectivity index (χ1n) is 10.3. The number of rotatable bonds is 6. The van der Waals surface area contributed by atoms with Crippen LogP contribution in [0, 0.1) is 5.41 Å². The van der Waals surface area contributed by atoms with Gasteiger partial charge < -0.3 is 14.8 Å². The van der Waals surface area contributed by atoms with Crippen molar-refractivity contribution in [1.82, 2.24) is 9.96 Å². The molecule has 2 N–H and O–H groups in total. The van der Waals surface area contributed by atoms with Crippen LogP contribution in [0.5, 0.6) is 5.75 Å². The van der Waals surface area contributed by atoms with Crippen molar-refractivity contribution in [2.45, 2.75) is 6.42 Å². The van der Waals surface area contributed by atoms with Crippen LogP contribution in [0.25, 0.3) is 0 Å². The van der Waals surface area contributed by atoms with Gasteiger partial charge in [0, 0.05) is 36.3 Å². The fourth-order valence-corrected chi connectivity index (χ4v) is 2.31. The summed E-state index contributed by atoms with van der Waals surface area (Å²) in [6.45, 7) is -7.45. The number of nitrogens with zero attached hydrogens (tertiary/aromatic N) is 2. The monoisotopic (exact) mass is 326 g/mol.